The van der Waals surface area contributed by atoms with Crippen LogP contribution in [-0.2, 0) is 24.2 Å². The van der Waals surface area contributed by atoms with Crippen LogP contribution < -0.4 is 16.1 Å². The maximum absolute atomic E-state index is 13.2. The van der Waals surface area contributed by atoms with Crippen molar-refractivity contribution in [3.8, 4) is 0 Å². The number of hydroxylamine groups is 1. The van der Waals surface area contributed by atoms with Crippen LogP contribution in [0.15, 0.2) is 12.7 Å². The molecule has 168 valence electrons. The Morgan fingerprint density at radius 3 is 2.00 bits per heavy atom. The van der Waals surface area contributed by atoms with E-state index in [0.29, 0.717) is 0 Å². The fraction of sp³-hybridized carbons (Fsp3) is 0.737. The summed E-state index contributed by atoms with van der Waals surface area (Å²) < 4.78 is 22.9. The Morgan fingerprint density at radius 2 is 1.66 bits per heavy atom. The first kappa shape index (κ1) is 27.1. The van der Waals surface area contributed by atoms with Gasteiger partial charge in [0.15, 0.2) is 9.84 Å². The van der Waals surface area contributed by atoms with E-state index < -0.39 is 49.7 Å². The summed E-state index contributed by atoms with van der Waals surface area (Å²) in [7, 11) is -2.39. The molecule has 0 saturated carbocycles. The first-order valence-corrected chi connectivity index (χ1v) is 11.3. The van der Waals surface area contributed by atoms with Gasteiger partial charge >= 0.3 is 0 Å². The summed E-state index contributed by atoms with van der Waals surface area (Å²) in [5, 5.41) is 14.1. The molecule has 0 aliphatic carbocycles. The molecule has 10 heteroatoms. The monoisotopic (exact) mass is 433 g/mol. The van der Waals surface area contributed by atoms with E-state index in [-0.39, 0.29) is 18.8 Å². The topological polar surface area (TPSA) is 142 Å². The van der Waals surface area contributed by atoms with Crippen LogP contribution in [0.1, 0.15) is 47.5 Å². The van der Waals surface area contributed by atoms with Crippen molar-refractivity contribution in [2.45, 2.75) is 58.2 Å². The second kappa shape index (κ2) is 10.2. The Morgan fingerprint density at radius 1 is 1.14 bits per heavy atom. The lowest BCUT2D eigenvalue weighted by Crippen LogP contribution is -2.62. The Hall–Kier alpha value is -1.94. The number of carbonyl (C=O) groups excluding carboxylic acids is 3. The van der Waals surface area contributed by atoms with Crippen LogP contribution in [-0.4, -0.2) is 55.4 Å². The van der Waals surface area contributed by atoms with Gasteiger partial charge in [-0.05, 0) is 39.5 Å². The van der Waals surface area contributed by atoms with Gasteiger partial charge in [-0.3, -0.25) is 19.6 Å². The Kier molecular flexibility index (Phi) is 9.52. The minimum Gasteiger partial charge on any atom is -0.357 e. The number of hydrogen-bond donors (Lipinski definition) is 4. The van der Waals surface area contributed by atoms with Gasteiger partial charge < -0.3 is 10.6 Å². The van der Waals surface area contributed by atoms with E-state index in [2.05, 4.69) is 17.2 Å². The molecule has 0 bridgehead atoms. The van der Waals surface area contributed by atoms with Crippen molar-refractivity contribution in [3.63, 3.8) is 0 Å². The van der Waals surface area contributed by atoms with Gasteiger partial charge in [0.25, 0.3) is 0 Å². The third-order valence-electron chi connectivity index (χ3n) is 5.43. The average Bonchev–Trinajstić information content (AvgIpc) is 2.61. The highest BCUT2D eigenvalue weighted by molar-refractivity contribution is 7.92. The van der Waals surface area contributed by atoms with Gasteiger partial charge in [-0.2, -0.15) is 0 Å². The molecular formula is C19H35N3O6S. The summed E-state index contributed by atoms with van der Waals surface area (Å²) in [5.41, 5.74) is 0.245. The van der Waals surface area contributed by atoms with Crippen molar-refractivity contribution in [2.75, 3.05) is 13.3 Å². The molecule has 1 unspecified atom stereocenters. The van der Waals surface area contributed by atoms with Crippen molar-refractivity contribution < 1.29 is 28.0 Å². The summed E-state index contributed by atoms with van der Waals surface area (Å²) in [6.45, 7) is 11.6. The van der Waals surface area contributed by atoms with Crippen LogP contribution in [0.2, 0.25) is 0 Å². The molecule has 0 rings (SSSR count). The van der Waals surface area contributed by atoms with E-state index in [4.69, 9.17) is 0 Å². The SMILES string of the molecule is C=CC[C@](C)(C(=O)NO)[C@@H](CC(C)C)C(=O)NC(C(=O)NC)C(C)(C)S(C)(=O)=O. The lowest BCUT2D eigenvalue weighted by Gasteiger charge is -2.38. The maximum Gasteiger partial charge on any atom is 0.250 e. The number of allylic oxidation sites excluding steroid dienone is 1. The molecule has 0 aromatic heterocycles. The minimum atomic E-state index is -3.73. The van der Waals surface area contributed by atoms with E-state index in [1.165, 1.54) is 33.9 Å². The zero-order valence-corrected chi connectivity index (χ0v) is 19.1. The van der Waals surface area contributed by atoms with Crippen LogP contribution in [0.3, 0.4) is 0 Å². The van der Waals surface area contributed by atoms with E-state index in [1.54, 1.807) is 5.48 Å². The molecule has 0 aliphatic rings. The second-order valence-corrected chi connectivity index (χ2v) is 11.1. The molecule has 29 heavy (non-hydrogen) atoms. The molecule has 0 heterocycles. The average molecular weight is 434 g/mol. The summed E-state index contributed by atoms with van der Waals surface area (Å²) in [6, 6.07) is -1.38. The molecule has 3 atom stereocenters. The molecule has 0 aromatic carbocycles. The van der Waals surface area contributed by atoms with Crippen molar-refractivity contribution >= 4 is 27.6 Å². The van der Waals surface area contributed by atoms with Gasteiger partial charge in [0.2, 0.25) is 17.7 Å². The zero-order chi connectivity index (χ0) is 23.2. The number of sulfone groups is 1. The lowest BCUT2D eigenvalue weighted by atomic mass is 9.70. The van der Waals surface area contributed by atoms with Gasteiger partial charge in [-0.25, -0.2) is 13.9 Å². The lowest BCUT2D eigenvalue weighted by molar-refractivity contribution is -0.149. The Labute approximate surface area is 173 Å². The second-order valence-electron chi connectivity index (χ2n) is 8.46. The quantitative estimate of drug-likeness (QED) is 0.216. The molecule has 3 amide bonds. The molecule has 4 N–H and O–H groups in total. The number of amides is 3. The Balaban J connectivity index is 6.28. The predicted molar refractivity (Wildman–Crippen MR) is 111 cm³/mol. The highest BCUT2D eigenvalue weighted by atomic mass is 32.2. The number of hydrogen-bond acceptors (Lipinski definition) is 6. The zero-order valence-electron chi connectivity index (χ0n) is 18.3. The summed E-state index contributed by atoms with van der Waals surface area (Å²) >= 11 is 0. The molecule has 9 nitrogen and oxygen atoms in total. The molecular weight excluding hydrogens is 398 g/mol. The van der Waals surface area contributed by atoms with E-state index in [0.717, 1.165) is 6.26 Å². The fourth-order valence-electron chi connectivity index (χ4n) is 3.10. The first-order chi connectivity index (χ1) is 13.1. The predicted octanol–water partition coefficient (Wildman–Crippen LogP) is 0.791. The van der Waals surface area contributed by atoms with Crippen LogP contribution >= 0.6 is 0 Å². The minimum absolute atomic E-state index is 0.00255. The standard InChI is InChI=1S/C19H35N3O6S/c1-9-10-19(6,17(25)22-26)13(11-12(2)3)15(23)21-14(16(24)20-7)18(4,5)29(8,27)28/h9,12-14,26H,1,10-11H2,2-8H3,(H,20,24)(H,21,23)(H,22,25)/t13-,14?,19-/m0/s1. The highest BCUT2D eigenvalue weighted by Crippen LogP contribution is 2.37. The van der Waals surface area contributed by atoms with Crippen LogP contribution in [0.5, 0.6) is 0 Å². The van der Waals surface area contributed by atoms with Crippen molar-refractivity contribution in [1.82, 2.24) is 16.1 Å². The molecule has 0 aliphatic heterocycles. The highest BCUT2D eigenvalue weighted by Gasteiger charge is 2.48. The van der Waals surface area contributed by atoms with Gasteiger partial charge in [0.1, 0.15) is 6.04 Å². The fourth-order valence-corrected chi connectivity index (χ4v) is 3.70. The number of likely N-dealkylation sites (N-methyl/N-ethyl adjacent to an activating group) is 1. The van der Waals surface area contributed by atoms with Gasteiger partial charge in [0, 0.05) is 13.3 Å². The van der Waals surface area contributed by atoms with E-state index >= 15 is 0 Å². The summed E-state index contributed by atoms with van der Waals surface area (Å²) in [5.74, 6) is -3.04. The third kappa shape index (κ3) is 6.27. The van der Waals surface area contributed by atoms with E-state index in [9.17, 15) is 28.0 Å². The molecule has 0 fully saturated rings. The van der Waals surface area contributed by atoms with Crippen LogP contribution in [0.25, 0.3) is 0 Å². The molecule has 0 aromatic rings. The summed E-state index contributed by atoms with van der Waals surface area (Å²) in [6.07, 6.45) is 2.81. The molecule has 0 spiro atoms. The number of rotatable bonds is 11. The van der Waals surface area contributed by atoms with Crippen LogP contribution in [0, 0.1) is 17.3 Å². The van der Waals surface area contributed by atoms with Crippen LogP contribution in [0.4, 0.5) is 0 Å². The normalized spacial score (nSPS) is 16.3. The van der Waals surface area contributed by atoms with Crippen molar-refractivity contribution in [1.29, 1.82) is 0 Å². The van der Waals surface area contributed by atoms with Crippen molar-refractivity contribution in [2.24, 2.45) is 17.3 Å². The number of carbonyl (C=O) groups is 3. The summed E-state index contributed by atoms with van der Waals surface area (Å²) in [4.78, 5) is 38.1. The van der Waals surface area contributed by atoms with Gasteiger partial charge in [0.05, 0.1) is 16.1 Å². The molecule has 0 saturated heterocycles. The molecule has 0 radical (unpaired) electrons. The first-order valence-electron chi connectivity index (χ1n) is 9.37. The smallest absolute Gasteiger partial charge is 0.250 e. The number of nitrogens with one attached hydrogen (secondary N) is 3. The Bertz CT molecular complexity index is 732. The third-order valence-corrected chi connectivity index (χ3v) is 7.57. The van der Waals surface area contributed by atoms with E-state index in [1.807, 2.05) is 13.8 Å². The van der Waals surface area contributed by atoms with Crippen molar-refractivity contribution in [3.05, 3.63) is 12.7 Å². The largest absolute Gasteiger partial charge is 0.357 e. The van der Waals surface area contributed by atoms with Gasteiger partial charge in [-0.1, -0.05) is 19.9 Å². The van der Waals surface area contributed by atoms with Gasteiger partial charge in [-0.15, -0.1) is 6.58 Å². The maximum atomic E-state index is 13.2.